The molecule has 0 bridgehead atoms. The molecule has 1 fully saturated rings. The first-order valence-electron chi connectivity index (χ1n) is 8.32. The summed E-state index contributed by atoms with van der Waals surface area (Å²) in [6.07, 6.45) is 5.19. The summed E-state index contributed by atoms with van der Waals surface area (Å²) in [5.41, 5.74) is 1.75. The highest BCUT2D eigenvalue weighted by Gasteiger charge is 2.22. The number of halogens is 1. The highest BCUT2D eigenvalue weighted by Crippen LogP contribution is 2.29. The Morgan fingerprint density at radius 2 is 1.88 bits per heavy atom. The van der Waals surface area contributed by atoms with Gasteiger partial charge in [0.25, 0.3) is 0 Å². The second-order valence-corrected chi connectivity index (χ2v) is 9.22. The molecule has 1 heterocycles. The molecule has 3 rings (SSSR count). The average Bonchev–Trinajstić information content (AvgIpc) is 3.03. The maximum absolute atomic E-state index is 13.0. The maximum atomic E-state index is 13.0. The van der Waals surface area contributed by atoms with E-state index in [4.69, 9.17) is 0 Å². The van der Waals surface area contributed by atoms with Crippen LogP contribution >= 0.6 is 11.3 Å². The Kier molecular flexibility index (Phi) is 5.71. The van der Waals surface area contributed by atoms with Gasteiger partial charge >= 0.3 is 0 Å². The van der Waals surface area contributed by atoms with Gasteiger partial charge in [-0.15, -0.1) is 11.3 Å². The second kappa shape index (κ2) is 7.80. The summed E-state index contributed by atoms with van der Waals surface area (Å²) in [4.78, 5) is 4.59. The van der Waals surface area contributed by atoms with E-state index in [2.05, 4.69) is 15.0 Å². The molecular weight excluding hydrogens is 361 g/mol. The van der Waals surface area contributed by atoms with Crippen LogP contribution in [0.2, 0.25) is 0 Å². The van der Waals surface area contributed by atoms with Crippen LogP contribution in [0.1, 0.15) is 25.7 Å². The molecule has 1 aromatic heterocycles. The minimum atomic E-state index is -3.11. The number of sulfonamides is 1. The van der Waals surface area contributed by atoms with Gasteiger partial charge < -0.3 is 5.32 Å². The van der Waals surface area contributed by atoms with Crippen molar-refractivity contribution < 1.29 is 12.8 Å². The SMILES string of the molecule is CS(=O)(=O)NCC1CCC(Nc2nc(-c3ccc(F)cc3)cs2)CC1. The van der Waals surface area contributed by atoms with Crippen LogP contribution < -0.4 is 10.0 Å². The summed E-state index contributed by atoms with van der Waals surface area (Å²) in [5, 5.41) is 6.31. The van der Waals surface area contributed by atoms with Crippen molar-refractivity contribution in [1.82, 2.24) is 9.71 Å². The number of anilines is 1. The number of hydrogen-bond donors (Lipinski definition) is 2. The fourth-order valence-corrected chi connectivity index (χ4v) is 4.38. The average molecular weight is 384 g/mol. The molecule has 0 radical (unpaired) electrons. The Morgan fingerprint density at radius 1 is 1.20 bits per heavy atom. The van der Waals surface area contributed by atoms with E-state index in [9.17, 15) is 12.8 Å². The number of thiazole rings is 1. The molecular formula is C17H22FN3O2S2. The quantitative estimate of drug-likeness (QED) is 0.801. The third-order valence-electron chi connectivity index (χ3n) is 4.45. The zero-order valence-corrected chi connectivity index (χ0v) is 15.7. The predicted molar refractivity (Wildman–Crippen MR) is 99.7 cm³/mol. The molecule has 0 atom stereocenters. The Morgan fingerprint density at radius 3 is 2.52 bits per heavy atom. The monoisotopic (exact) mass is 383 g/mol. The van der Waals surface area contributed by atoms with Gasteiger partial charge in [-0.25, -0.2) is 22.5 Å². The molecule has 8 heteroatoms. The number of nitrogens with one attached hydrogen (secondary N) is 2. The number of nitrogens with zero attached hydrogens (tertiary/aromatic N) is 1. The van der Waals surface area contributed by atoms with Crippen LogP contribution in [0.4, 0.5) is 9.52 Å². The lowest BCUT2D eigenvalue weighted by atomic mass is 9.86. The van der Waals surface area contributed by atoms with E-state index in [1.165, 1.54) is 18.4 Å². The Hall–Kier alpha value is -1.51. The Bertz CT molecular complexity index is 798. The van der Waals surface area contributed by atoms with E-state index >= 15 is 0 Å². The summed E-state index contributed by atoms with van der Waals surface area (Å²) in [5.74, 6) is 0.151. The molecule has 1 aliphatic rings. The number of hydrogen-bond acceptors (Lipinski definition) is 5. The second-order valence-electron chi connectivity index (χ2n) is 6.53. The summed E-state index contributed by atoms with van der Waals surface area (Å²) in [6, 6.07) is 6.70. The third kappa shape index (κ3) is 5.49. The van der Waals surface area contributed by atoms with Crippen LogP contribution in [0.5, 0.6) is 0 Å². The van der Waals surface area contributed by atoms with Gasteiger partial charge in [0.2, 0.25) is 10.0 Å². The molecule has 136 valence electrons. The third-order valence-corrected chi connectivity index (χ3v) is 5.92. The molecule has 0 unspecified atom stereocenters. The fourth-order valence-electron chi connectivity index (χ4n) is 3.05. The molecule has 1 saturated carbocycles. The van der Waals surface area contributed by atoms with E-state index in [1.807, 2.05) is 5.38 Å². The number of rotatable bonds is 6. The highest BCUT2D eigenvalue weighted by atomic mass is 32.2. The molecule has 25 heavy (non-hydrogen) atoms. The smallest absolute Gasteiger partial charge is 0.208 e. The number of aromatic nitrogens is 1. The summed E-state index contributed by atoms with van der Waals surface area (Å²) in [6.45, 7) is 0.525. The van der Waals surface area contributed by atoms with Crippen molar-refractivity contribution in [2.24, 2.45) is 5.92 Å². The normalized spacial score (nSPS) is 21.2. The van der Waals surface area contributed by atoms with Crippen LogP contribution in [-0.4, -0.2) is 32.2 Å². The van der Waals surface area contributed by atoms with Crippen molar-refractivity contribution >= 4 is 26.5 Å². The lowest BCUT2D eigenvalue weighted by molar-refractivity contribution is 0.337. The predicted octanol–water partition coefficient (Wildman–Crippen LogP) is 3.47. The van der Waals surface area contributed by atoms with Crippen LogP contribution in [0.25, 0.3) is 11.3 Å². The molecule has 0 saturated heterocycles. The van der Waals surface area contributed by atoms with Crippen LogP contribution in [0.15, 0.2) is 29.6 Å². The van der Waals surface area contributed by atoms with Crippen LogP contribution in [-0.2, 0) is 10.0 Å². The zero-order chi connectivity index (χ0) is 17.9. The van der Waals surface area contributed by atoms with Gasteiger partial charge in [-0.1, -0.05) is 0 Å². The molecule has 0 amide bonds. The van der Waals surface area contributed by atoms with E-state index in [0.717, 1.165) is 42.1 Å². The fraction of sp³-hybridized carbons (Fsp3) is 0.471. The maximum Gasteiger partial charge on any atom is 0.208 e. The molecule has 2 N–H and O–H groups in total. The summed E-state index contributed by atoms with van der Waals surface area (Å²) >= 11 is 1.55. The molecule has 1 aromatic carbocycles. The topological polar surface area (TPSA) is 71.1 Å². The first-order chi connectivity index (χ1) is 11.9. The largest absolute Gasteiger partial charge is 0.359 e. The van der Waals surface area contributed by atoms with Gasteiger partial charge in [0, 0.05) is 23.5 Å². The standard InChI is InChI=1S/C17H22FN3O2S2/c1-25(22,23)19-10-12-2-8-15(9-3-12)20-17-21-16(11-24-17)13-4-6-14(18)7-5-13/h4-7,11-12,15,19H,2-3,8-10H2,1H3,(H,20,21). The van der Waals surface area contributed by atoms with Crippen molar-refractivity contribution in [2.45, 2.75) is 31.7 Å². The van der Waals surface area contributed by atoms with Crippen molar-refractivity contribution in [2.75, 3.05) is 18.1 Å². The Labute approximate surface area is 151 Å². The molecule has 2 aromatic rings. The highest BCUT2D eigenvalue weighted by molar-refractivity contribution is 7.88. The lowest BCUT2D eigenvalue weighted by Gasteiger charge is -2.28. The molecule has 5 nitrogen and oxygen atoms in total. The Balaban J connectivity index is 1.50. The molecule has 0 spiro atoms. The minimum Gasteiger partial charge on any atom is -0.359 e. The lowest BCUT2D eigenvalue weighted by Crippen LogP contribution is -2.33. The van der Waals surface area contributed by atoms with E-state index in [1.54, 1.807) is 23.5 Å². The van der Waals surface area contributed by atoms with E-state index < -0.39 is 10.0 Å². The van der Waals surface area contributed by atoms with Gasteiger partial charge in [0.15, 0.2) is 5.13 Å². The van der Waals surface area contributed by atoms with Crippen molar-refractivity contribution in [3.05, 3.63) is 35.5 Å². The first kappa shape index (κ1) is 18.3. The van der Waals surface area contributed by atoms with Gasteiger partial charge in [-0.2, -0.15) is 0 Å². The van der Waals surface area contributed by atoms with Crippen LogP contribution in [0.3, 0.4) is 0 Å². The molecule has 1 aliphatic carbocycles. The van der Waals surface area contributed by atoms with Gasteiger partial charge in [0.05, 0.1) is 11.9 Å². The van der Waals surface area contributed by atoms with E-state index in [0.29, 0.717) is 18.5 Å². The zero-order valence-electron chi connectivity index (χ0n) is 14.0. The van der Waals surface area contributed by atoms with Crippen molar-refractivity contribution in [3.63, 3.8) is 0 Å². The van der Waals surface area contributed by atoms with Crippen molar-refractivity contribution in [3.8, 4) is 11.3 Å². The molecule has 0 aliphatic heterocycles. The number of benzene rings is 1. The summed E-state index contributed by atoms with van der Waals surface area (Å²) < 4.78 is 37.9. The van der Waals surface area contributed by atoms with Gasteiger partial charge in [-0.05, 0) is 55.9 Å². The first-order valence-corrected chi connectivity index (χ1v) is 11.1. The van der Waals surface area contributed by atoms with Crippen molar-refractivity contribution in [1.29, 1.82) is 0 Å². The minimum absolute atomic E-state index is 0.251. The van der Waals surface area contributed by atoms with Gasteiger partial charge in [0.1, 0.15) is 5.82 Å². The van der Waals surface area contributed by atoms with E-state index in [-0.39, 0.29) is 5.82 Å². The van der Waals surface area contributed by atoms with Crippen LogP contribution in [0, 0.1) is 11.7 Å². The van der Waals surface area contributed by atoms with Gasteiger partial charge in [-0.3, -0.25) is 0 Å². The summed E-state index contributed by atoms with van der Waals surface area (Å²) in [7, 11) is -3.11.